The molecule has 0 spiro atoms. The molecule has 0 bridgehead atoms. The average Bonchev–Trinajstić information content (AvgIpc) is 2.49. The maximum Gasteiger partial charge on any atom is 0.412 e. The molecule has 1 rings (SSSR count). The Hall–Kier alpha value is -2.70. The zero-order chi connectivity index (χ0) is 17.5. The van der Waals surface area contributed by atoms with E-state index in [1.54, 1.807) is 52.1 Å². The van der Waals surface area contributed by atoms with Crippen molar-refractivity contribution in [1.82, 2.24) is 5.32 Å². The zero-order valence-corrected chi connectivity index (χ0v) is 13.9. The lowest BCUT2D eigenvalue weighted by atomic mass is 10.2. The van der Waals surface area contributed by atoms with Gasteiger partial charge in [-0.3, -0.25) is 5.32 Å². The molecule has 0 heterocycles. The van der Waals surface area contributed by atoms with Gasteiger partial charge in [0.25, 0.3) is 0 Å². The van der Waals surface area contributed by atoms with E-state index in [0.717, 1.165) is 0 Å². The van der Waals surface area contributed by atoms with Gasteiger partial charge in [-0.1, -0.05) is 6.07 Å². The summed E-state index contributed by atoms with van der Waals surface area (Å²) in [4.78, 5) is 23.5. The van der Waals surface area contributed by atoms with E-state index >= 15 is 0 Å². The number of ether oxygens (including phenoxy) is 3. The number of carbonyl (C=O) groups excluding carboxylic acids is 2. The van der Waals surface area contributed by atoms with Gasteiger partial charge in [-0.25, -0.2) is 9.59 Å². The van der Waals surface area contributed by atoms with Gasteiger partial charge in [-0.15, -0.1) is 0 Å². The number of amides is 1. The lowest BCUT2D eigenvalue weighted by Gasteiger charge is -2.20. The number of alkyl carbamates (subject to hydrolysis) is 1. The zero-order valence-electron chi connectivity index (χ0n) is 13.9. The molecule has 2 N–H and O–H groups in total. The second kappa shape index (κ2) is 8.07. The molecule has 0 saturated heterocycles. The smallest absolute Gasteiger partial charge is 0.412 e. The highest BCUT2D eigenvalue weighted by molar-refractivity contribution is 5.92. The molecule has 7 heteroatoms. The second-order valence-corrected chi connectivity index (χ2v) is 5.55. The van der Waals surface area contributed by atoms with Gasteiger partial charge in [0, 0.05) is 18.0 Å². The maximum atomic E-state index is 11.8. The number of anilines is 1. The number of nitrogens with one attached hydrogen (secondary N) is 2. The summed E-state index contributed by atoms with van der Waals surface area (Å²) < 4.78 is 14.8. The van der Waals surface area contributed by atoms with Crippen molar-refractivity contribution in [2.75, 3.05) is 19.5 Å². The Morgan fingerprint density at radius 3 is 2.43 bits per heavy atom. The third kappa shape index (κ3) is 6.73. The van der Waals surface area contributed by atoms with E-state index in [1.165, 1.54) is 13.3 Å². The van der Waals surface area contributed by atoms with Gasteiger partial charge < -0.3 is 19.5 Å². The SMILES string of the molecule is COC(=O)/C(=C/Nc1cccc(OC)c1)NC(=O)OC(C)(C)C. The summed E-state index contributed by atoms with van der Waals surface area (Å²) in [5.74, 6) is -0.0469. The average molecular weight is 322 g/mol. The third-order valence-corrected chi connectivity index (χ3v) is 2.49. The predicted octanol–water partition coefficient (Wildman–Crippen LogP) is 2.65. The largest absolute Gasteiger partial charge is 0.497 e. The molecule has 0 saturated carbocycles. The van der Waals surface area contributed by atoms with Crippen LogP contribution < -0.4 is 15.4 Å². The van der Waals surface area contributed by atoms with Crippen LogP contribution in [-0.4, -0.2) is 31.9 Å². The summed E-state index contributed by atoms with van der Waals surface area (Å²) in [6.45, 7) is 5.17. The van der Waals surface area contributed by atoms with Crippen molar-refractivity contribution in [3.63, 3.8) is 0 Å². The van der Waals surface area contributed by atoms with Crippen molar-refractivity contribution in [1.29, 1.82) is 0 Å². The predicted molar refractivity (Wildman–Crippen MR) is 86.1 cm³/mol. The number of methoxy groups -OCH3 is 2. The summed E-state index contributed by atoms with van der Waals surface area (Å²) in [5, 5.41) is 5.24. The van der Waals surface area contributed by atoms with E-state index in [1.807, 2.05) is 0 Å². The van der Waals surface area contributed by atoms with E-state index in [-0.39, 0.29) is 5.70 Å². The van der Waals surface area contributed by atoms with Crippen molar-refractivity contribution in [3.8, 4) is 5.75 Å². The lowest BCUT2D eigenvalue weighted by molar-refractivity contribution is -0.136. The van der Waals surface area contributed by atoms with Crippen molar-refractivity contribution in [2.24, 2.45) is 0 Å². The molecule has 1 amide bonds. The normalized spacial score (nSPS) is 11.4. The molecule has 0 aliphatic rings. The molecule has 1 aromatic carbocycles. The van der Waals surface area contributed by atoms with Crippen molar-refractivity contribution in [2.45, 2.75) is 26.4 Å². The van der Waals surface area contributed by atoms with Gasteiger partial charge in [0.1, 0.15) is 17.0 Å². The van der Waals surface area contributed by atoms with Crippen LogP contribution in [0.1, 0.15) is 20.8 Å². The minimum Gasteiger partial charge on any atom is -0.497 e. The number of rotatable bonds is 5. The van der Waals surface area contributed by atoms with E-state index in [0.29, 0.717) is 11.4 Å². The highest BCUT2D eigenvalue weighted by atomic mass is 16.6. The Morgan fingerprint density at radius 1 is 1.17 bits per heavy atom. The first kappa shape index (κ1) is 18.3. The van der Waals surface area contributed by atoms with Crippen molar-refractivity contribution in [3.05, 3.63) is 36.2 Å². The molecule has 0 aromatic heterocycles. The first-order valence-corrected chi connectivity index (χ1v) is 6.94. The molecule has 23 heavy (non-hydrogen) atoms. The number of esters is 1. The Labute approximate surface area is 135 Å². The van der Waals surface area contributed by atoms with Gasteiger partial charge in [0.2, 0.25) is 0 Å². The topological polar surface area (TPSA) is 85.9 Å². The summed E-state index contributed by atoms with van der Waals surface area (Å²) in [6.07, 6.45) is 0.575. The number of carbonyl (C=O) groups is 2. The van der Waals surface area contributed by atoms with Crippen LogP contribution in [0.15, 0.2) is 36.2 Å². The van der Waals surface area contributed by atoms with Gasteiger partial charge >= 0.3 is 12.1 Å². The summed E-state index contributed by atoms with van der Waals surface area (Å²) in [5.41, 5.74) is -0.0766. The molecular weight excluding hydrogens is 300 g/mol. The summed E-state index contributed by atoms with van der Waals surface area (Å²) >= 11 is 0. The second-order valence-electron chi connectivity index (χ2n) is 5.55. The summed E-state index contributed by atoms with van der Waals surface area (Å²) in [6, 6.07) is 7.09. The molecule has 0 radical (unpaired) electrons. The maximum absolute atomic E-state index is 11.8. The highest BCUT2D eigenvalue weighted by Gasteiger charge is 2.20. The van der Waals surface area contributed by atoms with Gasteiger partial charge in [0.15, 0.2) is 0 Å². The van der Waals surface area contributed by atoms with Crippen LogP contribution >= 0.6 is 0 Å². The lowest BCUT2D eigenvalue weighted by Crippen LogP contribution is -2.34. The Bertz CT molecular complexity index is 590. The quantitative estimate of drug-likeness (QED) is 0.640. The molecular formula is C16H22N2O5. The molecule has 0 fully saturated rings. The van der Waals surface area contributed by atoms with E-state index < -0.39 is 17.7 Å². The van der Waals surface area contributed by atoms with E-state index in [9.17, 15) is 9.59 Å². The van der Waals surface area contributed by atoms with Crippen molar-refractivity contribution >= 4 is 17.7 Å². The van der Waals surface area contributed by atoms with E-state index in [4.69, 9.17) is 9.47 Å². The number of hydrogen-bond acceptors (Lipinski definition) is 6. The number of hydrogen-bond donors (Lipinski definition) is 2. The molecule has 0 atom stereocenters. The fourth-order valence-electron chi connectivity index (χ4n) is 1.54. The summed E-state index contributed by atoms with van der Waals surface area (Å²) in [7, 11) is 2.78. The van der Waals surface area contributed by atoms with Gasteiger partial charge in [-0.2, -0.15) is 0 Å². The van der Waals surface area contributed by atoms with Crippen LogP contribution in [0.5, 0.6) is 5.75 Å². The van der Waals surface area contributed by atoms with Crippen LogP contribution in [0.4, 0.5) is 10.5 Å². The molecule has 0 aliphatic carbocycles. The number of benzene rings is 1. The minimum absolute atomic E-state index is 0.0791. The van der Waals surface area contributed by atoms with E-state index in [2.05, 4.69) is 15.4 Å². The van der Waals surface area contributed by atoms with Crippen molar-refractivity contribution < 1.29 is 23.8 Å². The Morgan fingerprint density at radius 2 is 1.87 bits per heavy atom. The monoisotopic (exact) mass is 322 g/mol. The Balaban J connectivity index is 2.84. The standard InChI is InChI=1S/C16H22N2O5/c1-16(2,3)23-15(20)18-13(14(19)22-5)10-17-11-7-6-8-12(9-11)21-4/h6-10,17H,1-5H3,(H,18,20)/b13-10-. The van der Waals surface area contributed by atoms with Crippen LogP contribution in [0.3, 0.4) is 0 Å². The van der Waals surface area contributed by atoms with Crippen LogP contribution in [0.2, 0.25) is 0 Å². The van der Waals surface area contributed by atoms with Crippen LogP contribution in [-0.2, 0) is 14.3 Å². The van der Waals surface area contributed by atoms with Crippen LogP contribution in [0, 0.1) is 0 Å². The van der Waals surface area contributed by atoms with Gasteiger partial charge in [-0.05, 0) is 32.9 Å². The Kier molecular flexibility index (Phi) is 6.44. The highest BCUT2D eigenvalue weighted by Crippen LogP contribution is 2.17. The fourth-order valence-corrected chi connectivity index (χ4v) is 1.54. The fraction of sp³-hybridized carbons (Fsp3) is 0.375. The molecule has 0 unspecified atom stereocenters. The molecule has 126 valence electrons. The molecule has 0 aliphatic heterocycles. The van der Waals surface area contributed by atoms with Gasteiger partial charge in [0.05, 0.1) is 14.2 Å². The minimum atomic E-state index is -0.749. The molecule has 1 aromatic rings. The first-order chi connectivity index (χ1) is 10.7. The molecule has 7 nitrogen and oxygen atoms in total. The first-order valence-electron chi connectivity index (χ1n) is 6.94. The van der Waals surface area contributed by atoms with Crippen LogP contribution in [0.25, 0.3) is 0 Å². The third-order valence-electron chi connectivity index (χ3n) is 2.49.